The average molecular weight is 367 g/mol. The Hall–Kier alpha value is -2.05. The van der Waals surface area contributed by atoms with Crippen molar-refractivity contribution in [3.8, 4) is 0 Å². The molecule has 2 N–H and O–H groups in total. The summed E-state index contributed by atoms with van der Waals surface area (Å²) in [5.41, 5.74) is 1.53. The fourth-order valence-electron chi connectivity index (χ4n) is 2.15. The summed E-state index contributed by atoms with van der Waals surface area (Å²) in [4.78, 5) is 12.2. The first-order valence-electron chi connectivity index (χ1n) is 7.34. The van der Waals surface area contributed by atoms with Crippen LogP contribution in [0.25, 0.3) is 0 Å². The third kappa shape index (κ3) is 5.25. The number of anilines is 1. The van der Waals surface area contributed by atoms with E-state index in [1.807, 2.05) is 19.1 Å². The Balaban J connectivity index is 1.92. The van der Waals surface area contributed by atoms with E-state index in [0.29, 0.717) is 10.7 Å². The molecule has 0 bridgehead atoms. The molecule has 0 saturated heterocycles. The van der Waals surface area contributed by atoms with Gasteiger partial charge in [-0.3, -0.25) is 4.79 Å². The van der Waals surface area contributed by atoms with Crippen LogP contribution in [-0.2, 0) is 14.6 Å². The molecule has 0 heterocycles. The van der Waals surface area contributed by atoms with Crippen LogP contribution in [0.1, 0.15) is 18.5 Å². The van der Waals surface area contributed by atoms with Crippen LogP contribution in [0.5, 0.6) is 0 Å². The third-order valence-corrected chi connectivity index (χ3v) is 4.82. The molecule has 0 saturated carbocycles. The lowest BCUT2D eigenvalue weighted by Crippen LogP contribution is -2.32. The lowest BCUT2D eigenvalue weighted by molar-refractivity contribution is -0.120. The first-order valence-corrected chi connectivity index (χ1v) is 9.61. The van der Waals surface area contributed by atoms with Crippen molar-refractivity contribution in [3.63, 3.8) is 0 Å². The Bertz CT molecular complexity index is 820. The molecular formula is C17H19ClN2O3S. The van der Waals surface area contributed by atoms with E-state index in [-0.39, 0.29) is 23.4 Å². The molecule has 0 fully saturated rings. The highest BCUT2D eigenvalue weighted by Crippen LogP contribution is 2.17. The lowest BCUT2D eigenvalue weighted by atomic mass is 10.1. The van der Waals surface area contributed by atoms with Crippen molar-refractivity contribution in [2.75, 3.05) is 18.1 Å². The normalized spacial score (nSPS) is 12.5. The van der Waals surface area contributed by atoms with Crippen molar-refractivity contribution >= 4 is 33.0 Å². The molecule has 128 valence electrons. The summed E-state index contributed by atoms with van der Waals surface area (Å²) in [6.07, 6.45) is 1.15. The van der Waals surface area contributed by atoms with Gasteiger partial charge in [-0.25, -0.2) is 8.42 Å². The summed E-state index contributed by atoms with van der Waals surface area (Å²) >= 11 is 5.84. The predicted molar refractivity (Wildman–Crippen MR) is 96.1 cm³/mol. The van der Waals surface area contributed by atoms with E-state index in [0.717, 1.165) is 11.8 Å². The monoisotopic (exact) mass is 366 g/mol. The predicted octanol–water partition coefficient (Wildman–Crippen LogP) is 3.03. The zero-order chi connectivity index (χ0) is 17.7. The summed E-state index contributed by atoms with van der Waals surface area (Å²) in [6, 6.07) is 13.5. The van der Waals surface area contributed by atoms with Gasteiger partial charge in [-0.05, 0) is 42.8 Å². The molecule has 2 aromatic carbocycles. The molecule has 24 heavy (non-hydrogen) atoms. The van der Waals surface area contributed by atoms with E-state index < -0.39 is 9.84 Å². The summed E-state index contributed by atoms with van der Waals surface area (Å²) < 4.78 is 23.1. The fourth-order valence-corrected chi connectivity index (χ4v) is 2.94. The van der Waals surface area contributed by atoms with E-state index in [1.165, 1.54) is 12.1 Å². The van der Waals surface area contributed by atoms with E-state index in [1.54, 1.807) is 24.3 Å². The number of sulfone groups is 1. The van der Waals surface area contributed by atoms with Crippen molar-refractivity contribution in [2.45, 2.75) is 17.9 Å². The molecule has 1 unspecified atom stereocenters. The Kier molecular flexibility index (Phi) is 5.85. The SMILES string of the molecule is CC(NC(=O)CNc1cccc(S(C)(=O)=O)c1)c1ccc(Cl)cc1. The van der Waals surface area contributed by atoms with Crippen molar-refractivity contribution in [1.29, 1.82) is 0 Å². The van der Waals surface area contributed by atoms with Crippen LogP contribution < -0.4 is 10.6 Å². The van der Waals surface area contributed by atoms with Crippen molar-refractivity contribution in [3.05, 3.63) is 59.1 Å². The molecule has 0 aliphatic rings. The van der Waals surface area contributed by atoms with Gasteiger partial charge in [0.25, 0.3) is 0 Å². The van der Waals surface area contributed by atoms with Gasteiger partial charge in [-0.1, -0.05) is 29.8 Å². The minimum absolute atomic E-state index is 0.0468. The molecule has 7 heteroatoms. The highest BCUT2D eigenvalue weighted by atomic mass is 35.5. The summed E-state index contributed by atoms with van der Waals surface area (Å²) in [5.74, 6) is -0.192. The van der Waals surface area contributed by atoms with E-state index in [9.17, 15) is 13.2 Å². The molecule has 2 aromatic rings. The maximum absolute atomic E-state index is 12.0. The van der Waals surface area contributed by atoms with Crippen LogP contribution >= 0.6 is 11.6 Å². The number of halogens is 1. The van der Waals surface area contributed by atoms with Gasteiger partial charge < -0.3 is 10.6 Å². The standard InChI is InChI=1S/C17H19ClN2O3S/c1-12(13-6-8-14(18)9-7-13)20-17(21)11-19-15-4-3-5-16(10-15)24(2,22)23/h3-10,12,19H,11H2,1-2H3,(H,20,21). The lowest BCUT2D eigenvalue weighted by Gasteiger charge is -2.15. The van der Waals surface area contributed by atoms with Crippen molar-refractivity contribution in [2.24, 2.45) is 0 Å². The van der Waals surface area contributed by atoms with Crippen LogP contribution in [0.3, 0.4) is 0 Å². The van der Waals surface area contributed by atoms with Gasteiger partial charge >= 0.3 is 0 Å². The molecule has 1 amide bonds. The summed E-state index contributed by atoms with van der Waals surface area (Å²) in [5, 5.41) is 6.44. The molecule has 0 radical (unpaired) electrons. The largest absolute Gasteiger partial charge is 0.376 e. The zero-order valence-corrected chi connectivity index (χ0v) is 15.0. The highest BCUT2D eigenvalue weighted by molar-refractivity contribution is 7.90. The van der Waals surface area contributed by atoms with Gasteiger partial charge in [0.2, 0.25) is 5.91 Å². The van der Waals surface area contributed by atoms with Gasteiger partial charge in [-0.15, -0.1) is 0 Å². The highest BCUT2D eigenvalue weighted by Gasteiger charge is 2.11. The van der Waals surface area contributed by atoms with E-state index >= 15 is 0 Å². The first-order chi connectivity index (χ1) is 11.3. The Morgan fingerprint density at radius 3 is 2.46 bits per heavy atom. The topological polar surface area (TPSA) is 75.3 Å². The molecule has 2 rings (SSSR count). The smallest absolute Gasteiger partial charge is 0.239 e. The van der Waals surface area contributed by atoms with Crippen LogP contribution in [-0.4, -0.2) is 27.1 Å². The zero-order valence-electron chi connectivity index (χ0n) is 13.4. The van der Waals surface area contributed by atoms with E-state index in [4.69, 9.17) is 11.6 Å². The molecular weight excluding hydrogens is 348 g/mol. The molecule has 5 nitrogen and oxygen atoms in total. The Labute approximate surface area is 147 Å². The van der Waals surface area contributed by atoms with Crippen LogP contribution in [0.15, 0.2) is 53.4 Å². The second kappa shape index (κ2) is 7.68. The molecule has 0 spiro atoms. The summed E-state index contributed by atoms with van der Waals surface area (Å²) in [7, 11) is -3.27. The first kappa shape index (κ1) is 18.3. The number of hydrogen-bond acceptors (Lipinski definition) is 4. The third-order valence-electron chi connectivity index (χ3n) is 3.46. The minimum atomic E-state index is -3.27. The van der Waals surface area contributed by atoms with Gasteiger partial charge in [0.05, 0.1) is 17.5 Å². The molecule has 0 aliphatic heterocycles. The van der Waals surface area contributed by atoms with Gasteiger partial charge in [0.1, 0.15) is 0 Å². The quantitative estimate of drug-likeness (QED) is 0.824. The number of carbonyl (C=O) groups is 1. The number of benzene rings is 2. The van der Waals surface area contributed by atoms with Crippen LogP contribution in [0, 0.1) is 0 Å². The number of amides is 1. The number of hydrogen-bond donors (Lipinski definition) is 2. The second-order valence-electron chi connectivity index (χ2n) is 5.49. The minimum Gasteiger partial charge on any atom is -0.376 e. The maximum Gasteiger partial charge on any atom is 0.239 e. The van der Waals surface area contributed by atoms with Gasteiger partial charge in [0, 0.05) is 17.0 Å². The number of carbonyl (C=O) groups excluding carboxylic acids is 1. The molecule has 1 atom stereocenters. The average Bonchev–Trinajstić information content (AvgIpc) is 2.53. The molecule has 0 aliphatic carbocycles. The van der Waals surface area contributed by atoms with Crippen LogP contribution in [0.4, 0.5) is 5.69 Å². The fraction of sp³-hybridized carbons (Fsp3) is 0.235. The number of nitrogens with one attached hydrogen (secondary N) is 2. The number of rotatable bonds is 6. The van der Waals surface area contributed by atoms with Crippen LogP contribution in [0.2, 0.25) is 5.02 Å². The van der Waals surface area contributed by atoms with E-state index in [2.05, 4.69) is 10.6 Å². The van der Waals surface area contributed by atoms with Crippen molar-refractivity contribution in [1.82, 2.24) is 5.32 Å². The Morgan fingerprint density at radius 2 is 1.83 bits per heavy atom. The molecule has 0 aromatic heterocycles. The van der Waals surface area contributed by atoms with Crippen molar-refractivity contribution < 1.29 is 13.2 Å². The second-order valence-corrected chi connectivity index (χ2v) is 7.95. The van der Waals surface area contributed by atoms with Gasteiger partial charge in [0.15, 0.2) is 9.84 Å². The van der Waals surface area contributed by atoms with Gasteiger partial charge in [-0.2, -0.15) is 0 Å². The maximum atomic E-state index is 12.0. The Morgan fingerprint density at radius 1 is 1.17 bits per heavy atom. The summed E-state index contributed by atoms with van der Waals surface area (Å²) in [6.45, 7) is 1.93.